The summed E-state index contributed by atoms with van der Waals surface area (Å²) in [5.41, 5.74) is 1.50. The number of halogens is 1. The number of rotatable bonds is 7. The highest BCUT2D eigenvalue weighted by Gasteiger charge is 2.32. The van der Waals surface area contributed by atoms with Gasteiger partial charge in [0, 0.05) is 12.1 Å². The summed E-state index contributed by atoms with van der Waals surface area (Å²) < 4.78 is 28.9. The highest BCUT2D eigenvalue weighted by Crippen LogP contribution is 2.38. The molecule has 2 aromatic carbocycles. The number of likely N-dealkylation sites (tertiary alicyclic amines) is 1. The molecule has 0 aromatic heterocycles. The van der Waals surface area contributed by atoms with Gasteiger partial charge in [0.1, 0.15) is 17.3 Å². The molecule has 7 heteroatoms. The Morgan fingerprint density at radius 3 is 2.55 bits per heavy atom. The third-order valence-corrected chi connectivity index (χ3v) is 4.99. The van der Waals surface area contributed by atoms with E-state index in [0.717, 1.165) is 18.4 Å². The minimum absolute atomic E-state index is 0.0132. The summed E-state index contributed by atoms with van der Waals surface area (Å²) in [4.78, 5) is 26.5. The smallest absolute Gasteiger partial charge is 0.310 e. The fraction of sp³-hybridized carbons (Fsp3) is 0.364. The highest BCUT2D eigenvalue weighted by molar-refractivity contribution is 5.82. The van der Waals surface area contributed by atoms with Crippen LogP contribution < -0.4 is 9.47 Å². The lowest BCUT2D eigenvalue weighted by Crippen LogP contribution is -2.34. The normalized spacial score (nSPS) is 15.8. The van der Waals surface area contributed by atoms with Crippen molar-refractivity contribution in [2.24, 2.45) is 0 Å². The van der Waals surface area contributed by atoms with E-state index in [4.69, 9.17) is 14.2 Å². The molecule has 2 aromatic rings. The number of nitrogens with zero attached hydrogens (tertiary/aromatic N) is 1. The third kappa shape index (κ3) is 5.04. The van der Waals surface area contributed by atoms with Crippen molar-refractivity contribution in [2.75, 3.05) is 27.4 Å². The van der Waals surface area contributed by atoms with E-state index >= 15 is 0 Å². The van der Waals surface area contributed by atoms with Crippen molar-refractivity contribution in [3.05, 3.63) is 59.4 Å². The summed E-state index contributed by atoms with van der Waals surface area (Å²) in [5.74, 6) is 0.212. The van der Waals surface area contributed by atoms with Gasteiger partial charge < -0.3 is 19.1 Å². The van der Waals surface area contributed by atoms with E-state index in [0.29, 0.717) is 23.6 Å². The lowest BCUT2D eigenvalue weighted by Gasteiger charge is -2.26. The molecular formula is C22H24FNO5. The number of hydrogen-bond acceptors (Lipinski definition) is 5. The molecule has 6 nitrogen and oxygen atoms in total. The lowest BCUT2D eigenvalue weighted by molar-refractivity contribution is -0.151. The molecule has 29 heavy (non-hydrogen) atoms. The SMILES string of the molecule is COc1ccc(OC)c([C@@H]2CCCN2C(=O)COC(=O)Cc2ccc(F)cc2)c1. The van der Waals surface area contributed by atoms with Gasteiger partial charge in [-0.1, -0.05) is 12.1 Å². The van der Waals surface area contributed by atoms with Gasteiger partial charge >= 0.3 is 5.97 Å². The van der Waals surface area contributed by atoms with Gasteiger partial charge in [-0.05, 0) is 48.7 Å². The molecule has 1 atom stereocenters. The van der Waals surface area contributed by atoms with Crippen LogP contribution in [0.5, 0.6) is 11.5 Å². The molecule has 1 fully saturated rings. The predicted octanol–water partition coefficient (Wildman–Crippen LogP) is 3.29. The Balaban J connectivity index is 1.63. The van der Waals surface area contributed by atoms with Gasteiger partial charge in [0.25, 0.3) is 5.91 Å². The van der Waals surface area contributed by atoms with Crippen molar-refractivity contribution in [1.29, 1.82) is 0 Å². The third-order valence-electron chi connectivity index (χ3n) is 4.99. The Morgan fingerprint density at radius 1 is 1.10 bits per heavy atom. The molecule has 1 amide bonds. The molecule has 0 radical (unpaired) electrons. The van der Waals surface area contributed by atoms with E-state index in [1.54, 1.807) is 25.2 Å². The summed E-state index contributed by atoms with van der Waals surface area (Å²) in [6.45, 7) is 0.252. The van der Waals surface area contributed by atoms with Crippen molar-refractivity contribution in [1.82, 2.24) is 4.90 Å². The van der Waals surface area contributed by atoms with E-state index in [9.17, 15) is 14.0 Å². The molecule has 0 aliphatic carbocycles. The van der Waals surface area contributed by atoms with Crippen LogP contribution in [0, 0.1) is 5.82 Å². The average molecular weight is 401 g/mol. The molecule has 0 unspecified atom stereocenters. The van der Waals surface area contributed by atoms with E-state index in [1.807, 2.05) is 12.1 Å². The summed E-state index contributed by atoms with van der Waals surface area (Å²) in [5, 5.41) is 0. The molecule has 0 spiro atoms. The van der Waals surface area contributed by atoms with Crippen LogP contribution in [-0.2, 0) is 20.7 Å². The second kappa shape index (κ2) is 9.41. The van der Waals surface area contributed by atoms with Crippen LogP contribution in [0.4, 0.5) is 4.39 Å². The van der Waals surface area contributed by atoms with Crippen LogP contribution in [0.25, 0.3) is 0 Å². The van der Waals surface area contributed by atoms with Crippen LogP contribution in [0.1, 0.15) is 30.0 Å². The minimum atomic E-state index is -0.528. The van der Waals surface area contributed by atoms with Gasteiger partial charge in [0.05, 0.1) is 26.7 Å². The second-order valence-electron chi connectivity index (χ2n) is 6.82. The van der Waals surface area contributed by atoms with Crippen molar-refractivity contribution in [3.8, 4) is 11.5 Å². The van der Waals surface area contributed by atoms with Gasteiger partial charge in [0.2, 0.25) is 0 Å². The van der Waals surface area contributed by atoms with E-state index in [2.05, 4.69) is 0 Å². The highest BCUT2D eigenvalue weighted by atomic mass is 19.1. The quantitative estimate of drug-likeness (QED) is 0.666. The Morgan fingerprint density at radius 2 is 1.86 bits per heavy atom. The zero-order chi connectivity index (χ0) is 20.8. The Bertz CT molecular complexity index is 868. The van der Waals surface area contributed by atoms with Crippen LogP contribution in [0.3, 0.4) is 0 Å². The summed E-state index contributed by atoms with van der Waals surface area (Å²) in [7, 11) is 3.17. The zero-order valence-corrected chi connectivity index (χ0v) is 16.5. The number of benzene rings is 2. The van der Waals surface area contributed by atoms with Crippen molar-refractivity contribution >= 4 is 11.9 Å². The molecule has 1 heterocycles. The molecular weight excluding hydrogens is 377 g/mol. The standard InChI is InChI=1S/C22H24FNO5/c1-27-17-9-10-20(28-2)18(13-17)19-4-3-11-24(19)21(25)14-29-22(26)12-15-5-7-16(23)8-6-15/h5-10,13,19H,3-4,11-12,14H2,1-2H3/t19-/m0/s1. The van der Waals surface area contributed by atoms with E-state index < -0.39 is 5.97 Å². The summed E-state index contributed by atoms with van der Waals surface area (Å²) in [6, 6.07) is 10.9. The first-order valence-corrected chi connectivity index (χ1v) is 9.43. The molecule has 0 N–H and O–H groups in total. The van der Waals surface area contributed by atoms with Crippen LogP contribution >= 0.6 is 0 Å². The molecule has 1 saturated heterocycles. The molecule has 0 saturated carbocycles. The van der Waals surface area contributed by atoms with Gasteiger partial charge in [-0.3, -0.25) is 9.59 Å². The van der Waals surface area contributed by atoms with Gasteiger partial charge in [0.15, 0.2) is 6.61 Å². The summed E-state index contributed by atoms with van der Waals surface area (Å²) >= 11 is 0. The van der Waals surface area contributed by atoms with E-state index in [1.165, 1.54) is 24.3 Å². The first-order chi connectivity index (χ1) is 14.0. The number of amides is 1. The molecule has 1 aliphatic rings. The minimum Gasteiger partial charge on any atom is -0.497 e. The maximum absolute atomic E-state index is 12.9. The lowest BCUT2D eigenvalue weighted by atomic mass is 10.0. The number of carbonyl (C=O) groups is 2. The maximum atomic E-state index is 12.9. The van der Waals surface area contributed by atoms with Gasteiger partial charge in [-0.15, -0.1) is 0 Å². The maximum Gasteiger partial charge on any atom is 0.310 e. The first-order valence-electron chi connectivity index (χ1n) is 9.43. The molecule has 1 aliphatic heterocycles. The Labute approximate surface area is 169 Å². The topological polar surface area (TPSA) is 65.1 Å². The van der Waals surface area contributed by atoms with Crippen molar-refractivity contribution < 1.29 is 28.2 Å². The van der Waals surface area contributed by atoms with Gasteiger partial charge in [-0.25, -0.2) is 4.39 Å². The van der Waals surface area contributed by atoms with Crippen LogP contribution in [0.2, 0.25) is 0 Å². The number of carbonyl (C=O) groups excluding carboxylic acids is 2. The summed E-state index contributed by atoms with van der Waals surface area (Å²) in [6.07, 6.45) is 1.62. The molecule has 3 rings (SSSR count). The number of esters is 1. The van der Waals surface area contributed by atoms with E-state index in [-0.39, 0.29) is 30.8 Å². The Kier molecular flexibility index (Phi) is 6.69. The average Bonchev–Trinajstić information content (AvgIpc) is 3.23. The second-order valence-corrected chi connectivity index (χ2v) is 6.82. The number of hydrogen-bond donors (Lipinski definition) is 0. The number of methoxy groups -OCH3 is 2. The van der Waals surface area contributed by atoms with Crippen LogP contribution in [0.15, 0.2) is 42.5 Å². The molecule has 154 valence electrons. The largest absolute Gasteiger partial charge is 0.497 e. The Hall–Kier alpha value is -3.09. The van der Waals surface area contributed by atoms with Crippen molar-refractivity contribution in [3.63, 3.8) is 0 Å². The zero-order valence-electron chi connectivity index (χ0n) is 16.5. The molecule has 0 bridgehead atoms. The van der Waals surface area contributed by atoms with Gasteiger partial charge in [-0.2, -0.15) is 0 Å². The monoisotopic (exact) mass is 401 g/mol. The predicted molar refractivity (Wildman–Crippen MR) is 104 cm³/mol. The fourth-order valence-corrected chi connectivity index (χ4v) is 3.53. The first kappa shape index (κ1) is 20.6. The number of ether oxygens (including phenoxy) is 3. The van der Waals surface area contributed by atoms with Crippen LogP contribution in [-0.4, -0.2) is 44.1 Å². The van der Waals surface area contributed by atoms with Crippen molar-refractivity contribution in [2.45, 2.75) is 25.3 Å². The fourth-order valence-electron chi connectivity index (χ4n) is 3.53.